The quantitative estimate of drug-likeness (QED) is 0.572. The molecule has 0 aliphatic heterocycles. The van der Waals surface area contributed by atoms with Crippen molar-refractivity contribution in [3.8, 4) is 17.2 Å². The van der Waals surface area contributed by atoms with Crippen LogP contribution in [-0.2, 0) is 0 Å². The van der Waals surface area contributed by atoms with E-state index in [1.807, 2.05) is 97.7 Å². The zero-order chi connectivity index (χ0) is 16.0. The van der Waals surface area contributed by atoms with E-state index in [1.165, 1.54) is 0 Å². The molecule has 3 aromatic rings. The van der Waals surface area contributed by atoms with E-state index in [0.717, 1.165) is 17.2 Å². The summed E-state index contributed by atoms with van der Waals surface area (Å²) in [4.78, 5) is 0. The van der Waals surface area contributed by atoms with Crippen LogP contribution >= 0.6 is 7.94 Å². The third-order valence-electron chi connectivity index (χ3n) is 3.14. The van der Waals surface area contributed by atoms with Crippen LogP contribution < -0.4 is 13.6 Å². The van der Waals surface area contributed by atoms with Crippen molar-refractivity contribution in [2.24, 2.45) is 0 Å². The summed E-state index contributed by atoms with van der Waals surface area (Å²) in [6.45, 7) is 1.89. The van der Waals surface area contributed by atoms with Crippen LogP contribution in [0.2, 0.25) is 0 Å². The Hall–Kier alpha value is -2.51. The van der Waals surface area contributed by atoms with Crippen molar-refractivity contribution in [3.05, 3.63) is 91.0 Å². The summed E-state index contributed by atoms with van der Waals surface area (Å²) in [5.74, 6) is 2.19. The molecule has 3 rings (SSSR count). The van der Waals surface area contributed by atoms with Crippen LogP contribution in [0.15, 0.2) is 91.0 Å². The predicted molar refractivity (Wildman–Crippen MR) is 95.4 cm³/mol. The van der Waals surface area contributed by atoms with Crippen molar-refractivity contribution in [1.29, 1.82) is 0 Å². The molecular weight excluding hydrogens is 307 g/mol. The molecule has 0 saturated heterocycles. The molecule has 0 amide bonds. The van der Waals surface area contributed by atoms with Gasteiger partial charge in [0.05, 0.1) is 0 Å². The minimum absolute atomic E-state index is 0.730. The normalized spacial score (nSPS) is 11.5. The van der Waals surface area contributed by atoms with Gasteiger partial charge in [-0.15, -0.1) is 0 Å². The standard InChI is InChI=1S/C19H19O3P/c1-23(20-17-11-5-2-6-12-17,21-18-13-7-3-8-14-18)22-19-15-9-4-10-16-19/h2-16,23H,1H3. The van der Waals surface area contributed by atoms with Gasteiger partial charge in [0.2, 0.25) is 0 Å². The Labute approximate surface area is 137 Å². The number of hydrogen-bond acceptors (Lipinski definition) is 3. The fourth-order valence-electron chi connectivity index (χ4n) is 2.17. The molecule has 118 valence electrons. The first-order valence-corrected chi connectivity index (χ1v) is 9.68. The number of para-hydroxylation sites is 3. The maximum absolute atomic E-state index is 6.10. The summed E-state index contributed by atoms with van der Waals surface area (Å²) in [5, 5.41) is 0. The van der Waals surface area contributed by atoms with E-state index >= 15 is 0 Å². The molecule has 0 bridgehead atoms. The summed E-state index contributed by atoms with van der Waals surface area (Å²) >= 11 is 0. The van der Waals surface area contributed by atoms with Gasteiger partial charge in [-0.25, -0.2) is 0 Å². The topological polar surface area (TPSA) is 27.7 Å². The van der Waals surface area contributed by atoms with Crippen LogP contribution in [0.25, 0.3) is 0 Å². The van der Waals surface area contributed by atoms with Crippen molar-refractivity contribution >= 4 is 7.94 Å². The number of rotatable bonds is 6. The average molecular weight is 326 g/mol. The van der Waals surface area contributed by atoms with E-state index in [-0.39, 0.29) is 0 Å². The van der Waals surface area contributed by atoms with E-state index in [4.69, 9.17) is 13.6 Å². The molecule has 0 aliphatic carbocycles. The molecule has 0 saturated carbocycles. The number of benzene rings is 3. The monoisotopic (exact) mass is 326 g/mol. The Bertz CT molecular complexity index is 616. The fourth-order valence-corrected chi connectivity index (χ4v) is 3.99. The van der Waals surface area contributed by atoms with Gasteiger partial charge in [-0.3, -0.25) is 0 Å². The zero-order valence-electron chi connectivity index (χ0n) is 12.9. The Balaban J connectivity index is 1.85. The van der Waals surface area contributed by atoms with Gasteiger partial charge in [-0.2, -0.15) is 0 Å². The molecule has 3 nitrogen and oxygen atoms in total. The van der Waals surface area contributed by atoms with Crippen LogP contribution in [0.4, 0.5) is 0 Å². The summed E-state index contributed by atoms with van der Waals surface area (Å²) in [5.41, 5.74) is 0. The second-order valence-electron chi connectivity index (χ2n) is 5.11. The first-order valence-electron chi connectivity index (χ1n) is 7.46. The summed E-state index contributed by atoms with van der Waals surface area (Å²) in [6.07, 6.45) is 0. The second kappa shape index (κ2) is 7.17. The van der Waals surface area contributed by atoms with E-state index < -0.39 is 7.94 Å². The molecule has 0 atom stereocenters. The van der Waals surface area contributed by atoms with Crippen molar-refractivity contribution in [2.75, 3.05) is 6.66 Å². The van der Waals surface area contributed by atoms with Crippen LogP contribution in [0, 0.1) is 0 Å². The Morgan fingerprint density at radius 2 is 0.739 bits per heavy atom. The summed E-state index contributed by atoms with van der Waals surface area (Å²) < 4.78 is 18.3. The predicted octanol–water partition coefficient (Wildman–Crippen LogP) is 5.35. The first kappa shape index (κ1) is 15.4. The molecule has 0 fully saturated rings. The molecule has 23 heavy (non-hydrogen) atoms. The van der Waals surface area contributed by atoms with Gasteiger partial charge in [0.25, 0.3) is 0 Å². The SMILES string of the molecule is C[PH](Oc1ccccc1)(Oc1ccccc1)Oc1ccccc1. The third kappa shape index (κ3) is 4.48. The summed E-state index contributed by atoms with van der Waals surface area (Å²) in [6, 6.07) is 28.8. The van der Waals surface area contributed by atoms with Gasteiger partial charge in [0.15, 0.2) is 0 Å². The molecular formula is C19H19O3P. The molecule has 0 aromatic heterocycles. The molecule has 0 N–H and O–H groups in total. The van der Waals surface area contributed by atoms with E-state index in [2.05, 4.69) is 0 Å². The Morgan fingerprint density at radius 1 is 0.478 bits per heavy atom. The zero-order valence-corrected chi connectivity index (χ0v) is 13.9. The number of hydrogen-bond donors (Lipinski definition) is 0. The van der Waals surface area contributed by atoms with Crippen LogP contribution in [-0.4, -0.2) is 6.66 Å². The van der Waals surface area contributed by atoms with Crippen LogP contribution in [0.3, 0.4) is 0 Å². The Kier molecular flexibility index (Phi) is 4.80. The molecule has 3 aromatic carbocycles. The van der Waals surface area contributed by atoms with Gasteiger partial charge in [0.1, 0.15) is 0 Å². The molecule has 0 spiro atoms. The van der Waals surface area contributed by atoms with Crippen LogP contribution in [0.1, 0.15) is 0 Å². The average Bonchev–Trinajstić information content (AvgIpc) is 2.57. The molecule has 4 heteroatoms. The van der Waals surface area contributed by atoms with Gasteiger partial charge in [-0.1, -0.05) is 0 Å². The Morgan fingerprint density at radius 3 is 1.00 bits per heavy atom. The third-order valence-corrected chi connectivity index (χ3v) is 4.96. The first-order chi connectivity index (χ1) is 11.2. The van der Waals surface area contributed by atoms with E-state index in [0.29, 0.717) is 0 Å². The van der Waals surface area contributed by atoms with Crippen molar-refractivity contribution in [3.63, 3.8) is 0 Å². The van der Waals surface area contributed by atoms with Gasteiger partial charge in [-0.05, 0) is 0 Å². The molecule has 0 heterocycles. The van der Waals surface area contributed by atoms with E-state index in [1.54, 1.807) is 0 Å². The molecule has 0 radical (unpaired) electrons. The van der Waals surface area contributed by atoms with Crippen LogP contribution in [0.5, 0.6) is 17.2 Å². The molecule has 0 aliphatic rings. The maximum atomic E-state index is 6.10. The summed E-state index contributed by atoms with van der Waals surface area (Å²) in [7, 11) is -2.97. The van der Waals surface area contributed by atoms with Crippen molar-refractivity contribution < 1.29 is 13.6 Å². The minimum atomic E-state index is -2.97. The van der Waals surface area contributed by atoms with Gasteiger partial charge < -0.3 is 0 Å². The molecule has 0 unspecified atom stereocenters. The second-order valence-corrected chi connectivity index (χ2v) is 7.44. The fraction of sp³-hybridized carbons (Fsp3) is 0.0526. The van der Waals surface area contributed by atoms with Gasteiger partial charge >= 0.3 is 136 Å². The van der Waals surface area contributed by atoms with Gasteiger partial charge in [0, 0.05) is 0 Å². The van der Waals surface area contributed by atoms with Crippen molar-refractivity contribution in [2.45, 2.75) is 0 Å². The van der Waals surface area contributed by atoms with Crippen molar-refractivity contribution in [1.82, 2.24) is 0 Å². The van der Waals surface area contributed by atoms with E-state index in [9.17, 15) is 0 Å².